The number of anilines is 1. The van der Waals surface area contributed by atoms with E-state index in [1.54, 1.807) is 0 Å². The Kier molecular flexibility index (Phi) is 4.51. The standard InChI is InChI=1S/C22H24N2O2/c1-16(21-15-18-8-4-6-10-20(18)26-21)23(2)13-12-22(25)24-14-11-17-7-3-5-9-19(17)24/h3-10,15-16H,11-14H2,1-2H3/t16-/m0/s1. The predicted molar refractivity (Wildman–Crippen MR) is 104 cm³/mol. The highest BCUT2D eigenvalue weighted by molar-refractivity contribution is 5.95. The molecule has 0 saturated carbocycles. The second-order valence-corrected chi connectivity index (χ2v) is 7.02. The van der Waals surface area contributed by atoms with E-state index in [1.807, 2.05) is 48.3 Å². The lowest BCUT2D eigenvalue weighted by Crippen LogP contribution is -2.33. The van der Waals surface area contributed by atoms with Gasteiger partial charge in [-0.3, -0.25) is 9.69 Å². The quantitative estimate of drug-likeness (QED) is 0.685. The van der Waals surface area contributed by atoms with Crippen LogP contribution in [0.15, 0.2) is 59.0 Å². The third kappa shape index (κ3) is 3.13. The average Bonchev–Trinajstić information content (AvgIpc) is 3.29. The van der Waals surface area contributed by atoms with E-state index < -0.39 is 0 Å². The molecule has 0 saturated heterocycles. The van der Waals surface area contributed by atoms with Crippen LogP contribution < -0.4 is 4.90 Å². The van der Waals surface area contributed by atoms with Crippen LogP contribution >= 0.6 is 0 Å². The van der Waals surface area contributed by atoms with Gasteiger partial charge >= 0.3 is 0 Å². The number of fused-ring (bicyclic) bond motifs is 2. The summed E-state index contributed by atoms with van der Waals surface area (Å²) in [7, 11) is 2.04. The number of carbonyl (C=O) groups is 1. The summed E-state index contributed by atoms with van der Waals surface area (Å²) in [6, 6.07) is 18.5. The molecule has 1 amide bonds. The van der Waals surface area contributed by atoms with E-state index in [0.29, 0.717) is 13.0 Å². The van der Waals surface area contributed by atoms with Gasteiger partial charge in [-0.25, -0.2) is 0 Å². The van der Waals surface area contributed by atoms with Crippen molar-refractivity contribution >= 4 is 22.6 Å². The molecule has 1 atom stereocenters. The molecule has 2 heterocycles. The van der Waals surface area contributed by atoms with Gasteiger partial charge in [0, 0.05) is 30.6 Å². The van der Waals surface area contributed by atoms with Crippen LogP contribution in [-0.2, 0) is 11.2 Å². The Morgan fingerprint density at radius 3 is 2.81 bits per heavy atom. The van der Waals surface area contributed by atoms with Crippen molar-refractivity contribution in [1.29, 1.82) is 0 Å². The summed E-state index contributed by atoms with van der Waals surface area (Å²) < 4.78 is 5.97. The molecule has 1 aliphatic heterocycles. The number of furan rings is 1. The maximum atomic E-state index is 12.7. The number of nitrogens with zero attached hydrogens (tertiary/aromatic N) is 2. The molecule has 0 radical (unpaired) electrons. The second kappa shape index (κ2) is 6.96. The number of hydrogen-bond donors (Lipinski definition) is 0. The van der Waals surface area contributed by atoms with Crippen molar-refractivity contribution in [3.63, 3.8) is 0 Å². The summed E-state index contributed by atoms with van der Waals surface area (Å²) in [6.45, 7) is 3.62. The van der Waals surface area contributed by atoms with Crippen LogP contribution in [0.3, 0.4) is 0 Å². The molecule has 3 aromatic rings. The molecule has 26 heavy (non-hydrogen) atoms. The highest BCUT2D eigenvalue weighted by atomic mass is 16.3. The van der Waals surface area contributed by atoms with E-state index in [9.17, 15) is 4.79 Å². The van der Waals surface area contributed by atoms with Gasteiger partial charge in [-0.2, -0.15) is 0 Å². The number of amides is 1. The SMILES string of the molecule is C[C@@H](c1cc2ccccc2o1)N(C)CCC(=O)N1CCc2ccccc21. The molecule has 4 rings (SSSR count). The van der Waals surface area contributed by atoms with Gasteiger partial charge in [-0.1, -0.05) is 36.4 Å². The van der Waals surface area contributed by atoms with Crippen LogP contribution in [0.25, 0.3) is 11.0 Å². The first-order chi connectivity index (χ1) is 12.6. The molecule has 134 valence electrons. The Bertz CT molecular complexity index is 898. The zero-order valence-corrected chi connectivity index (χ0v) is 15.3. The van der Waals surface area contributed by atoms with Gasteiger partial charge in [0.05, 0.1) is 6.04 Å². The van der Waals surface area contributed by atoms with E-state index in [0.717, 1.165) is 35.4 Å². The molecule has 0 fully saturated rings. The fraction of sp³-hybridized carbons (Fsp3) is 0.318. The fourth-order valence-electron chi connectivity index (χ4n) is 3.62. The molecule has 4 nitrogen and oxygen atoms in total. The van der Waals surface area contributed by atoms with Crippen molar-refractivity contribution in [1.82, 2.24) is 4.90 Å². The van der Waals surface area contributed by atoms with Gasteiger partial charge in [0.2, 0.25) is 5.91 Å². The first kappa shape index (κ1) is 16.9. The minimum absolute atomic E-state index is 0.126. The van der Waals surface area contributed by atoms with Gasteiger partial charge < -0.3 is 9.32 Å². The number of para-hydroxylation sites is 2. The van der Waals surface area contributed by atoms with Crippen LogP contribution in [0.4, 0.5) is 5.69 Å². The highest BCUT2D eigenvalue weighted by Crippen LogP contribution is 2.29. The molecule has 1 aliphatic rings. The Balaban J connectivity index is 1.39. The lowest BCUT2D eigenvalue weighted by molar-refractivity contribution is -0.118. The molecular formula is C22H24N2O2. The number of carbonyl (C=O) groups excluding carboxylic acids is 1. The first-order valence-electron chi connectivity index (χ1n) is 9.20. The van der Waals surface area contributed by atoms with Gasteiger partial charge in [-0.15, -0.1) is 0 Å². The monoisotopic (exact) mass is 348 g/mol. The van der Waals surface area contributed by atoms with Crippen molar-refractivity contribution in [2.75, 3.05) is 25.0 Å². The number of benzene rings is 2. The highest BCUT2D eigenvalue weighted by Gasteiger charge is 2.25. The van der Waals surface area contributed by atoms with Crippen LogP contribution in [0.5, 0.6) is 0 Å². The summed E-state index contributed by atoms with van der Waals surface area (Å²) in [4.78, 5) is 16.8. The summed E-state index contributed by atoms with van der Waals surface area (Å²) in [5.41, 5.74) is 3.25. The third-order valence-electron chi connectivity index (χ3n) is 5.38. The minimum Gasteiger partial charge on any atom is -0.459 e. The molecule has 0 aliphatic carbocycles. The Morgan fingerprint density at radius 2 is 1.96 bits per heavy atom. The molecule has 2 aromatic carbocycles. The van der Waals surface area contributed by atoms with E-state index in [1.165, 1.54) is 5.56 Å². The number of hydrogen-bond acceptors (Lipinski definition) is 3. The van der Waals surface area contributed by atoms with Crippen LogP contribution in [0.1, 0.15) is 30.7 Å². The van der Waals surface area contributed by atoms with Crippen molar-refractivity contribution in [2.24, 2.45) is 0 Å². The van der Waals surface area contributed by atoms with Crippen molar-refractivity contribution in [2.45, 2.75) is 25.8 Å². The summed E-state index contributed by atoms with van der Waals surface area (Å²) in [6.07, 6.45) is 1.46. The van der Waals surface area contributed by atoms with E-state index >= 15 is 0 Å². The second-order valence-electron chi connectivity index (χ2n) is 7.02. The van der Waals surface area contributed by atoms with Gasteiger partial charge in [0.25, 0.3) is 0 Å². The van der Waals surface area contributed by atoms with Gasteiger partial charge in [0.1, 0.15) is 11.3 Å². The smallest absolute Gasteiger partial charge is 0.228 e. The topological polar surface area (TPSA) is 36.7 Å². The molecule has 4 heteroatoms. The normalized spacial score (nSPS) is 14.8. The van der Waals surface area contributed by atoms with Crippen LogP contribution in [0, 0.1) is 0 Å². The Labute approximate surface area is 154 Å². The van der Waals surface area contributed by atoms with Gasteiger partial charge in [-0.05, 0) is 44.2 Å². The maximum absolute atomic E-state index is 12.7. The lowest BCUT2D eigenvalue weighted by atomic mass is 10.2. The largest absolute Gasteiger partial charge is 0.459 e. The van der Waals surface area contributed by atoms with E-state index in [4.69, 9.17) is 4.42 Å². The molecule has 0 unspecified atom stereocenters. The molecule has 0 spiro atoms. The van der Waals surface area contributed by atoms with E-state index in [2.05, 4.69) is 30.0 Å². The van der Waals surface area contributed by atoms with Crippen molar-refractivity contribution in [3.8, 4) is 0 Å². The minimum atomic E-state index is 0.126. The lowest BCUT2D eigenvalue weighted by Gasteiger charge is -2.24. The molecule has 0 bridgehead atoms. The molecule has 0 N–H and O–H groups in total. The van der Waals surface area contributed by atoms with Crippen LogP contribution in [0.2, 0.25) is 0 Å². The van der Waals surface area contributed by atoms with Crippen molar-refractivity contribution in [3.05, 3.63) is 65.9 Å². The summed E-state index contributed by atoms with van der Waals surface area (Å²) >= 11 is 0. The first-order valence-corrected chi connectivity index (χ1v) is 9.20. The van der Waals surface area contributed by atoms with E-state index in [-0.39, 0.29) is 11.9 Å². The summed E-state index contributed by atoms with van der Waals surface area (Å²) in [5, 5.41) is 1.12. The molecular weight excluding hydrogens is 324 g/mol. The molecule has 1 aromatic heterocycles. The number of rotatable bonds is 5. The van der Waals surface area contributed by atoms with Crippen molar-refractivity contribution < 1.29 is 9.21 Å². The van der Waals surface area contributed by atoms with Crippen LogP contribution in [-0.4, -0.2) is 30.9 Å². The van der Waals surface area contributed by atoms with Gasteiger partial charge in [0.15, 0.2) is 0 Å². The zero-order chi connectivity index (χ0) is 18.1. The average molecular weight is 348 g/mol. The maximum Gasteiger partial charge on any atom is 0.228 e. The zero-order valence-electron chi connectivity index (χ0n) is 15.3. The third-order valence-corrected chi connectivity index (χ3v) is 5.38. The summed E-state index contributed by atoms with van der Waals surface area (Å²) in [5.74, 6) is 1.13. The Hall–Kier alpha value is -2.59. The Morgan fingerprint density at radius 1 is 1.19 bits per heavy atom. The fourth-order valence-corrected chi connectivity index (χ4v) is 3.62. The predicted octanol–water partition coefficient (Wildman–Crippen LogP) is 4.41.